The van der Waals surface area contributed by atoms with Crippen molar-refractivity contribution in [1.82, 2.24) is 0 Å². The highest BCUT2D eigenvalue weighted by Crippen LogP contribution is 2.07. The number of rotatable bonds is 7. The number of hydrogen-bond acceptors (Lipinski definition) is 3. The molecule has 6 heteroatoms. The maximum Gasteiger partial charge on any atom is 0.476 e. The Bertz CT molecular complexity index is 234. The predicted molar refractivity (Wildman–Crippen MR) is 76.7 cm³/mol. The van der Waals surface area contributed by atoms with Crippen LogP contribution < -0.4 is 0 Å². The zero-order valence-electron chi connectivity index (χ0n) is 11.3. The largest absolute Gasteiger partial charge is 0.476 e. The highest BCUT2D eigenvalue weighted by Gasteiger charge is 2.31. The average Bonchev–Trinajstić information content (AvgIpc) is 2.16. The summed E-state index contributed by atoms with van der Waals surface area (Å²) in [6, 6.07) is 0. The third kappa shape index (κ3) is 8.20. The molecule has 0 aliphatic rings. The summed E-state index contributed by atoms with van der Waals surface area (Å²) >= 11 is 0. The minimum atomic E-state index is -2.32. The molecule has 0 atom stereocenters. The van der Waals surface area contributed by atoms with Crippen LogP contribution >= 0.6 is 0 Å². The second kappa shape index (κ2) is 8.15. The summed E-state index contributed by atoms with van der Waals surface area (Å²) in [6.45, 7) is 10.3. The average molecular weight is 277 g/mol. The summed E-state index contributed by atoms with van der Waals surface area (Å²) in [5, 5.41) is 0. The van der Waals surface area contributed by atoms with Crippen molar-refractivity contribution in [2.75, 3.05) is 7.11 Å². The molecule has 0 aliphatic carbocycles. The Morgan fingerprint density at radius 1 is 0.938 bits per heavy atom. The van der Waals surface area contributed by atoms with Crippen molar-refractivity contribution in [1.29, 1.82) is 0 Å². The Balaban J connectivity index is 4.10. The third-order valence-electron chi connectivity index (χ3n) is 2.04. The van der Waals surface area contributed by atoms with Gasteiger partial charge in [-0.05, 0) is 27.7 Å². The van der Waals surface area contributed by atoms with Gasteiger partial charge in [0.15, 0.2) is 19.5 Å². The van der Waals surface area contributed by atoms with Crippen LogP contribution in [-0.2, 0) is 12.7 Å². The summed E-state index contributed by atoms with van der Waals surface area (Å²) in [6.07, 6.45) is 0. The van der Waals surface area contributed by atoms with E-state index in [1.807, 2.05) is 6.55 Å². The Kier molecular flexibility index (Phi) is 8.16. The molecule has 0 amide bonds. The van der Waals surface area contributed by atoms with Gasteiger partial charge in [-0.3, -0.25) is 0 Å². The number of allylic oxidation sites excluding steroid dienone is 2. The molecule has 3 nitrogen and oxygen atoms in total. The maximum atomic E-state index is 5.83. The first kappa shape index (κ1) is 16.0. The first-order valence-corrected chi connectivity index (χ1v) is 10.5. The Hall–Kier alpha value is 0.0106. The monoisotopic (exact) mass is 276 g/mol. The van der Waals surface area contributed by atoms with Crippen molar-refractivity contribution >= 4 is 28.3 Å². The van der Waals surface area contributed by atoms with Crippen LogP contribution in [0.25, 0.3) is 0 Å². The molecule has 0 aromatic rings. The Morgan fingerprint density at radius 3 is 1.56 bits per heavy atom. The highest BCUT2D eigenvalue weighted by atomic mass is 28.4. The predicted octanol–water partition coefficient (Wildman–Crippen LogP) is 1.25. The molecular formula is C10H24O3Si3. The lowest BCUT2D eigenvalue weighted by molar-refractivity contribution is 0.224. The minimum Gasteiger partial charge on any atom is -0.418 e. The summed E-state index contributed by atoms with van der Waals surface area (Å²) in [7, 11) is -1.94. The first-order chi connectivity index (χ1) is 7.39. The molecule has 0 bridgehead atoms. The summed E-state index contributed by atoms with van der Waals surface area (Å²) < 4.78 is 17.1. The summed E-state index contributed by atoms with van der Waals surface area (Å²) in [4.78, 5) is 0. The molecule has 0 saturated carbocycles. The van der Waals surface area contributed by atoms with Gasteiger partial charge in [-0.15, -0.1) is 0 Å². The molecule has 0 aromatic carbocycles. The van der Waals surface area contributed by atoms with Gasteiger partial charge in [-0.1, -0.05) is 22.5 Å². The van der Waals surface area contributed by atoms with Crippen LogP contribution in [0.15, 0.2) is 22.5 Å². The van der Waals surface area contributed by atoms with Gasteiger partial charge >= 0.3 is 8.80 Å². The van der Waals surface area contributed by atoms with E-state index in [9.17, 15) is 0 Å². The molecule has 0 aromatic heterocycles. The second-order valence-corrected chi connectivity index (χ2v) is 10.2. The van der Waals surface area contributed by atoms with Crippen molar-refractivity contribution in [3.63, 3.8) is 0 Å². The molecule has 0 spiro atoms. The van der Waals surface area contributed by atoms with Gasteiger partial charge in [-0.25, -0.2) is 0 Å². The fraction of sp³-hybridized carbons (Fsp3) is 0.600. The zero-order valence-corrected chi connectivity index (χ0v) is 15.1. The van der Waals surface area contributed by atoms with E-state index in [1.165, 1.54) is 11.1 Å². The normalized spacial score (nSPS) is 15.6. The van der Waals surface area contributed by atoms with E-state index in [1.54, 1.807) is 7.11 Å². The molecule has 0 N–H and O–H groups in total. The van der Waals surface area contributed by atoms with Crippen molar-refractivity contribution in [2.45, 2.75) is 34.2 Å². The lowest BCUT2D eigenvalue weighted by Gasteiger charge is -2.24. The quantitative estimate of drug-likeness (QED) is 0.655. The van der Waals surface area contributed by atoms with E-state index in [0.717, 1.165) is 0 Å². The molecule has 0 rings (SSSR count). The fourth-order valence-electron chi connectivity index (χ4n) is 0.879. The molecule has 0 fully saturated rings. The van der Waals surface area contributed by atoms with E-state index < -0.39 is 28.3 Å². The van der Waals surface area contributed by atoms with Gasteiger partial charge in [0, 0.05) is 13.7 Å². The molecule has 0 heterocycles. The van der Waals surface area contributed by atoms with Gasteiger partial charge < -0.3 is 12.7 Å². The van der Waals surface area contributed by atoms with Gasteiger partial charge in [0.2, 0.25) is 0 Å². The van der Waals surface area contributed by atoms with Crippen molar-refractivity contribution in [3.05, 3.63) is 22.5 Å². The van der Waals surface area contributed by atoms with Gasteiger partial charge in [0.1, 0.15) is 0 Å². The van der Waals surface area contributed by atoms with E-state index in [2.05, 4.69) is 39.1 Å². The Labute approximate surface area is 105 Å². The van der Waals surface area contributed by atoms with Crippen LogP contribution in [0, 0.1) is 0 Å². The topological polar surface area (TPSA) is 27.7 Å². The van der Waals surface area contributed by atoms with Crippen LogP contribution in [0.5, 0.6) is 0 Å². The highest BCUT2D eigenvalue weighted by molar-refractivity contribution is 6.70. The maximum absolute atomic E-state index is 5.83. The lowest BCUT2D eigenvalue weighted by atomic mass is 10.4. The van der Waals surface area contributed by atoms with Crippen LogP contribution in [0.2, 0.25) is 6.55 Å². The Morgan fingerprint density at radius 2 is 1.31 bits per heavy atom. The van der Waals surface area contributed by atoms with E-state index in [0.29, 0.717) is 0 Å². The molecule has 94 valence electrons. The smallest absolute Gasteiger partial charge is 0.418 e. The lowest BCUT2D eigenvalue weighted by Crippen LogP contribution is -2.43. The molecular weight excluding hydrogens is 252 g/mol. The van der Waals surface area contributed by atoms with Crippen molar-refractivity contribution in [3.8, 4) is 0 Å². The van der Waals surface area contributed by atoms with Gasteiger partial charge in [0.05, 0.1) is 0 Å². The molecule has 16 heavy (non-hydrogen) atoms. The fourth-order valence-corrected chi connectivity index (χ4v) is 6.66. The summed E-state index contributed by atoms with van der Waals surface area (Å²) in [5.41, 5.74) is 6.97. The number of hydrogen-bond donors (Lipinski definition) is 0. The first-order valence-electron chi connectivity index (χ1n) is 5.49. The van der Waals surface area contributed by atoms with Gasteiger partial charge in [-0.2, -0.15) is 0 Å². The minimum absolute atomic E-state index is 0.647. The van der Waals surface area contributed by atoms with Gasteiger partial charge in [0.25, 0.3) is 0 Å². The van der Waals surface area contributed by atoms with Crippen LogP contribution in [0.3, 0.4) is 0 Å². The van der Waals surface area contributed by atoms with E-state index >= 15 is 0 Å². The SMILES string of the molecule is CO[Si](C)(O[SiH2]C=C(C)C)O[SiH2]C=C(C)C. The van der Waals surface area contributed by atoms with Crippen LogP contribution in [-0.4, -0.2) is 35.4 Å². The standard InChI is InChI=1S/C10H24O3Si3/c1-9(2)7-14-12-16(6,11-5)13-15-8-10(3)4/h7-8H,14-15H2,1-6H3. The van der Waals surface area contributed by atoms with Crippen LogP contribution in [0.4, 0.5) is 0 Å². The molecule has 0 saturated heterocycles. The molecule has 0 unspecified atom stereocenters. The van der Waals surface area contributed by atoms with Crippen molar-refractivity contribution in [2.24, 2.45) is 0 Å². The van der Waals surface area contributed by atoms with E-state index in [4.69, 9.17) is 12.7 Å². The molecule has 0 radical (unpaired) electrons. The third-order valence-corrected chi connectivity index (χ3v) is 10.3. The van der Waals surface area contributed by atoms with Crippen LogP contribution in [0.1, 0.15) is 27.7 Å². The van der Waals surface area contributed by atoms with Crippen molar-refractivity contribution < 1.29 is 12.7 Å². The second-order valence-electron chi connectivity index (χ2n) is 4.25. The summed E-state index contributed by atoms with van der Waals surface area (Å²) in [5.74, 6) is 0. The van der Waals surface area contributed by atoms with E-state index in [-0.39, 0.29) is 0 Å². The zero-order chi connectivity index (χ0) is 12.6. The molecule has 0 aliphatic heterocycles.